The van der Waals surface area contributed by atoms with Gasteiger partial charge in [-0.05, 0) is 0 Å². The van der Waals surface area contributed by atoms with Crippen molar-refractivity contribution in [1.29, 1.82) is 0 Å². The molecule has 2 aliphatic rings. The van der Waals surface area contributed by atoms with E-state index in [1.54, 1.807) is 0 Å². The zero-order valence-corrected chi connectivity index (χ0v) is 33.8. The topological polar surface area (TPSA) is 0 Å². The fourth-order valence-electron chi connectivity index (χ4n) is 9.17. The van der Waals surface area contributed by atoms with Crippen LogP contribution in [0.3, 0.4) is 0 Å². The van der Waals surface area contributed by atoms with E-state index in [4.69, 9.17) is 4.26 Å². The van der Waals surface area contributed by atoms with E-state index in [2.05, 4.69) is 174 Å². The van der Waals surface area contributed by atoms with E-state index in [-0.39, 0.29) is 10.8 Å². The van der Waals surface area contributed by atoms with E-state index in [9.17, 15) is 0 Å². The van der Waals surface area contributed by atoms with Crippen LogP contribution in [0.5, 0.6) is 0 Å². The molecule has 2 atom stereocenters. The van der Waals surface area contributed by atoms with E-state index in [0.29, 0.717) is 7.35 Å². The molecule has 0 aliphatic heterocycles. The Labute approximate surface area is 273 Å². The van der Waals surface area contributed by atoms with Crippen LogP contribution in [0, 0.1) is 0 Å². The van der Waals surface area contributed by atoms with Gasteiger partial charge in [-0.25, -0.2) is 0 Å². The molecule has 2 unspecified atom stereocenters. The average molecular weight is 775 g/mol. The van der Waals surface area contributed by atoms with Crippen LogP contribution < -0.4 is 0 Å². The van der Waals surface area contributed by atoms with Crippen LogP contribution in [0.4, 0.5) is 0 Å². The van der Waals surface area contributed by atoms with Crippen molar-refractivity contribution in [3.05, 3.63) is 130 Å². The molecule has 1 heteroatoms. The summed E-state index contributed by atoms with van der Waals surface area (Å²) in [5.41, 5.74) is 14.0. The second-order valence-electron chi connectivity index (χ2n) is 19.6. The summed E-state index contributed by atoms with van der Waals surface area (Å²) in [5, 5.41) is 0. The van der Waals surface area contributed by atoms with Crippen molar-refractivity contribution in [2.75, 3.05) is 0 Å². The third-order valence-electron chi connectivity index (χ3n) is 14.1. The SMILES string of the molecule is [CH2]=[Hf]([CH3])([CH3])([CH2]C)([CH2]C)([CH]1C=Cc2c(-c3cccc(C(C)(C)C)c3)cccc21)[CH]1C=Cc2c(-c3cccc(C(C)(C)C)c3)cccc21. The van der Waals surface area contributed by atoms with Crippen LogP contribution >= 0.6 is 0 Å². The van der Waals surface area contributed by atoms with Crippen molar-refractivity contribution >= 4 is 16.4 Å². The van der Waals surface area contributed by atoms with Gasteiger partial charge in [-0.2, -0.15) is 0 Å². The van der Waals surface area contributed by atoms with Crippen LogP contribution in [-0.4, -0.2) is 4.26 Å². The summed E-state index contributed by atoms with van der Waals surface area (Å²) in [7, 11) is 0. The Morgan fingerprint density at radius 3 is 1.28 bits per heavy atom. The first-order chi connectivity index (χ1) is 21.3. The number of allylic oxidation sites excluding steroid dienone is 2. The van der Waals surface area contributed by atoms with Crippen molar-refractivity contribution in [2.24, 2.45) is 0 Å². The Kier molecular flexibility index (Phi) is 6.89. The van der Waals surface area contributed by atoms with Gasteiger partial charge in [0.05, 0.1) is 0 Å². The summed E-state index contributed by atoms with van der Waals surface area (Å²) >= 11 is -5.22. The molecular weight excluding hydrogens is 719 g/mol. The van der Waals surface area contributed by atoms with E-state index in [0.717, 1.165) is 8.35 Å². The maximum atomic E-state index is 5.76. The van der Waals surface area contributed by atoms with Crippen LogP contribution in [0.2, 0.25) is 17.7 Å². The maximum absolute atomic E-state index is 5.76. The van der Waals surface area contributed by atoms with Crippen molar-refractivity contribution in [1.82, 2.24) is 0 Å². The molecule has 0 bridgehead atoms. The normalized spacial score (nSPS) is 20.0. The fourth-order valence-corrected chi connectivity index (χ4v) is 38.2. The monoisotopic (exact) mass is 776 g/mol. The minimum atomic E-state index is -5.22. The fraction of sp³-hybridized carbons (Fsp3) is 0.356. The average Bonchev–Trinajstić information content (AvgIpc) is 3.68. The molecule has 2 aliphatic carbocycles. The molecule has 0 fully saturated rings. The van der Waals surface area contributed by atoms with Gasteiger partial charge in [0.2, 0.25) is 0 Å². The number of fused-ring (bicyclic) bond motifs is 2. The van der Waals surface area contributed by atoms with Crippen LogP contribution in [-0.2, 0) is 25.9 Å². The van der Waals surface area contributed by atoms with Crippen molar-refractivity contribution in [2.45, 2.75) is 91.3 Å². The van der Waals surface area contributed by atoms with E-state index < -0.39 is 15.1 Å². The molecule has 0 nitrogen and oxygen atoms in total. The molecule has 4 aromatic rings. The summed E-state index contributed by atoms with van der Waals surface area (Å²) in [6, 6.07) is 32.5. The van der Waals surface area contributed by atoms with Gasteiger partial charge in [-0.1, -0.05) is 0 Å². The minimum absolute atomic E-state index is 0.106. The van der Waals surface area contributed by atoms with Gasteiger partial charge in [0.15, 0.2) is 0 Å². The van der Waals surface area contributed by atoms with Gasteiger partial charge in [-0.15, -0.1) is 0 Å². The first-order valence-electron chi connectivity index (χ1n) is 17.7. The Morgan fingerprint density at radius 2 is 0.935 bits per heavy atom. The predicted molar refractivity (Wildman–Crippen MR) is 205 cm³/mol. The Hall–Kier alpha value is -2.90. The Balaban J connectivity index is 1.54. The first kappa shape index (κ1) is 33.0. The molecule has 6 rings (SSSR count). The number of hydrogen-bond donors (Lipinski definition) is 0. The van der Waals surface area contributed by atoms with Crippen LogP contribution in [0.1, 0.15) is 96.1 Å². The summed E-state index contributed by atoms with van der Waals surface area (Å²) in [6.07, 6.45) is 10.1. The van der Waals surface area contributed by atoms with Crippen molar-refractivity contribution in [3.63, 3.8) is 0 Å². The van der Waals surface area contributed by atoms with Gasteiger partial charge < -0.3 is 0 Å². The molecule has 46 heavy (non-hydrogen) atoms. The van der Waals surface area contributed by atoms with E-state index in [1.165, 1.54) is 55.6 Å². The summed E-state index contributed by atoms with van der Waals surface area (Å²) in [6.45, 7) is 18.7. The van der Waals surface area contributed by atoms with Crippen molar-refractivity contribution < 1.29 is 15.1 Å². The Morgan fingerprint density at radius 1 is 0.565 bits per heavy atom. The third kappa shape index (κ3) is 4.66. The zero-order chi connectivity index (χ0) is 33.4. The zero-order valence-electron chi connectivity index (χ0n) is 30.2. The molecule has 0 spiro atoms. The number of hydrogen-bond acceptors (Lipinski definition) is 0. The Bertz CT molecular complexity index is 1930. The molecule has 0 radical (unpaired) electrons. The molecule has 0 amide bonds. The predicted octanol–water partition coefficient (Wildman–Crippen LogP) is 13.6. The van der Waals surface area contributed by atoms with Gasteiger partial charge in [0.1, 0.15) is 0 Å². The number of rotatable bonds is 6. The van der Waals surface area contributed by atoms with Gasteiger partial charge in [-0.3, -0.25) is 0 Å². The van der Waals surface area contributed by atoms with Crippen LogP contribution in [0.15, 0.2) is 97.1 Å². The molecule has 4 aromatic carbocycles. The van der Waals surface area contributed by atoms with Gasteiger partial charge >= 0.3 is 275 Å². The van der Waals surface area contributed by atoms with Gasteiger partial charge in [0.25, 0.3) is 0 Å². The summed E-state index contributed by atoms with van der Waals surface area (Å²) < 4.78 is 14.0. The molecule has 0 heterocycles. The molecular formula is C45H56Hf. The quantitative estimate of drug-likeness (QED) is 0.171. The van der Waals surface area contributed by atoms with Gasteiger partial charge in [0, 0.05) is 0 Å². The second-order valence-corrected chi connectivity index (χ2v) is 71.6. The summed E-state index contributed by atoms with van der Waals surface area (Å²) in [5.74, 6) is 0. The van der Waals surface area contributed by atoms with E-state index >= 15 is 0 Å². The molecule has 0 saturated heterocycles. The third-order valence-corrected chi connectivity index (χ3v) is 61.9. The molecule has 0 aromatic heterocycles. The van der Waals surface area contributed by atoms with E-state index in [1.807, 2.05) is 0 Å². The standard InChI is InChI=1S/2C19H19.2C2H5.2CH3.CH2.Hf/c2*1-19(2,3)16-10-4-9-15(13-16)18-12-6-8-14-7-5-11-17(14)18;2*1-2;;;;/h2*4-13H,1-3H3;2*1H2,2H3;2*1H3;1H2;. The van der Waals surface area contributed by atoms with Crippen molar-refractivity contribution in [3.8, 4) is 22.3 Å². The number of benzene rings is 4. The molecule has 0 N–H and O–H groups in total. The second kappa shape index (κ2) is 9.59. The first-order valence-corrected chi connectivity index (χ1v) is 36.6. The van der Waals surface area contributed by atoms with Crippen LogP contribution in [0.25, 0.3) is 34.4 Å². The molecule has 0 saturated carbocycles. The summed E-state index contributed by atoms with van der Waals surface area (Å²) in [4.78, 5) is 0. The molecule has 240 valence electrons.